The highest BCUT2D eigenvalue weighted by Gasteiger charge is 2.18. The number of rotatable bonds is 7. The molecule has 0 saturated heterocycles. The second-order valence-corrected chi connectivity index (χ2v) is 8.23. The van der Waals surface area contributed by atoms with Crippen molar-refractivity contribution in [2.75, 3.05) is 11.4 Å². The maximum absolute atomic E-state index is 13.2. The third kappa shape index (κ3) is 4.96. The van der Waals surface area contributed by atoms with E-state index in [-0.39, 0.29) is 18.0 Å². The van der Waals surface area contributed by atoms with E-state index in [0.29, 0.717) is 29.1 Å². The maximum atomic E-state index is 13.2. The minimum atomic E-state index is -0.340. The molecule has 0 atom stereocenters. The minimum absolute atomic E-state index is 0.162. The maximum Gasteiger partial charge on any atom is 0.275 e. The molecule has 0 saturated carbocycles. The molecule has 2 aromatic heterocycles. The fourth-order valence-electron chi connectivity index (χ4n) is 3.89. The number of carbonyl (C=O) groups is 1. The van der Waals surface area contributed by atoms with Crippen LogP contribution in [-0.2, 0) is 24.2 Å². The smallest absolute Gasteiger partial charge is 0.275 e. The number of carbonyl (C=O) groups excluding carboxylic acids is 1. The fourth-order valence-corrected chi connectivity index (χ4v) is 4.06. The van der Waals surface area contributed by atoms with Crippen LogP contribution in [-0.4, -0.2) is 27.2 Å². The normalized spacial score (nSPS) is 11.0. The molecule has 0 N–H and O–H groups in total. The van der Waals surface area contributed by atoms with Gasteiger partial charge in [0.05, 0.1) is 11.1 Å². The zero-order valence-electron chi connectivity index (χ0n) is 18.7. The van der Waals surface area contributed by atoms with Crippen LogP contribution in [0.25, 0.3) is 10.8 Å². The molecule has 0 aliphatic rings. The molecule has 168 valence electrons. The van der Waals surface area contributed by atoms with E-state index in [4.69, 9.17) is 11.6 Å². The Hall–Kier alpha value is -3.51. The first kappa shape index (κ1) is 22.7. The number of benzene rings is 2. The predicted octanol–water partition coefficient (Wildman–Crippen LogP) is 4.65. The molecule has 4 rings (SSSR count). The Kier molecular flexibility index (Phi) is 6.84. The van der Waals surface area contributed by atoms with E-state index in [1.165, 1.54) is 10.2 Å². The highest BCUT2D eigenvalue weighted by atomic mass is 35.5. The van der Waals surface area contributed by atoms with Crippen LogP contribution in [0.3, 0.4) is 0 Å². The zero-order valence-corrected chi connectivity index (χ0v) is 19.4. The third-order valence-corrected chi connectivity index (χ3v) is 5.89. The molecular weight excluding hydrogens is 436 g/mol. The number of amides is 1. The summed E-state index contributed by atoms with van der Waals surface area (Å²) in [4.78, 5) is 32.3. The van der Waals surface area contributed by atoms with E-state index in [2.05, 4.69) is 17.0 Å². The van der Waals surface area contributed by atoms with Crippen LogP contribution in [0.15, 0.2) is 71.8 Å². The first-order valence-electron chi connectivity index (χ1n) is 11.0. The molecule has 1 amide bonds. The van der Waals surface area contributed by atoms with E-state index in [9.17, 15) is 9.59 Å². The number of hydrogen-bond donors (Lipinski definition) is 0. The summed E-state index contributed by atoms with van der Waals surface area (Å²) in [6.45, 7) is 4.33. The van der Waals surface area contributed by atoms with Gasteiger partial charge in [-0.3, -0.25) is 14.6 Å². The van der Waals surface area contributed by atoms with Crippen molar-refractivity contribution in [2.45, 2.75) is 33.2 Å². The predicted molar refractivity (Wildman–Crippen MR) is 132 cm³/mol. The molecule has 0 unspecified atom stereocenters. The number of aromatic nitrogens is 3. The Bertz CT molecular complexity index is 1330. The van der Waals surface area contributed by atoms with Crippen molar-refractivity contribution >= 4 is 34.0 Å². The van der Waals surface area contributed by atoms with Crippen molar-refractivity contribution in [3.8, 4) is 0 Å². The van der Waals surface area contributed by atoms with Crippen LogP contribution in [0, 0.1) is 0 Å². The van der Waals surface area contributed by atoms with E-state index >= 15 is 0 Å². The van der Waals surface area contributed by atoms with Gasteiger partial charge in [-0.2, -0.15) is 5.10 Å². The molecule has 2 aromatic carbocycles. The molecule has 0 aliphatic heterocycles. The second kappa shape index (κ2) is 9.96. The zero-order chi connectivity index (χ0) is 23.4. The van der Waals surface area contributed by atoms with Gasteiger partial charge in [0.2, 0.25) is 5.91 Å². The quantitative estimate of drug-likeness (QED) is 0.402. The molecule has 6 nitrogen and oxygen atoms in total. The topological polar surface area (TPSA) is 68.1 Å². The van der Waals surface area contributed by atoms with Gasteiger partial charge in [0, 0.05) is 41.5 Å². The van der Waals surface area contributed by atoms with Crippen LogP contribution < -0.4 is 10.5 Å². The molecule has 0 spiro atoms. The van der Waals surface area contributed by atoms with Crippen molar-refractivity contribution in [2.24, 2.45) is 0 Å². The molecular formula is C26H25ClN4O2. The lowest BCUT2D eigenvalue weighted by Gasteiger charge is -2.22. The lowest BCUT2D eigenvalue weighted by atomic mass is 10.1. The Morgan fingerprint density at radius 3 is 2.48 bits per heavy atom. The Balaban J connectivity index is 1.72. The summed E-state index contributed by atoms with van der Waals surface area (Å²) in [5, 5.41) is 6.22. The molecule has 2 heterocycles. The average molecular weight is 461 g/mol. The lowest BCUT2D eigenvalue weighted by Crippen LogP contribution is -2.37. The number of nitrogens with zero attached hydrogens (tertiary/aromatic N) is 4. The number of halogens is 1. The van der Waals surface area contributed by atoms with E-state index in [0.717, 1.165) is 23.1 Å². The van der Waals surface area contributed by atoms with Crippen LogP contribution in [0.1, 0.15) is 30.7 Å². The van der Waals surface area contributed by atoms with E-state index in [1.54, 1.807) is 35.5 Å². The molecule has 0 fully saturated rings. The second-order valence-electron chi connectivity index (χ2n) is 7.80. The number of likely N-dealkylation sites (N-methyl/N-ethyl adjacent to an activating group) is 1. The Labute approximate surface area is 197 Å². The summed E-state index contributed by atoms with van der Waals surface area (Å²) in [6.07, 6.45) is 4.89. The van der Waals surface area contributed by atoms with Gasteiger partial charge >= 0.3 is 0 Å². The lowest BCUT2D eigenvalue weighted by molar-refractivity contribution is -0.119. The minimum Gasteiger partial charge on any atom is -0.311 e. The number of hydrogen-bond acceptors (Lipinski definition) is 4. The SMILES string of the molecule is CCc1ccc(N(CC)C(=O)Cn2nc(Cc3cccnc3)c3ccc(Cl)cc3c2=O)cc1. The summed E-state index contributed by atoms with van der Waals surface area (Å²) in [6, 6.07) is 16.9. The highest BCUT2D eigenvalue weighted by Crippen LogP contribution is 2.21. The molecule has 0 radical (unpaired) electrons. The van der Waals surface area contributed by atoms with E-state index < -0.39 is 0 Å². The standard InChI is InChI=1S/C26H25ClN4O2/c1-3-18-7-10-21(11-8-18)30(4-2)25(32)17-31-26(33)23-15-20(27)9-12-22(23)24(29-31)14-19-6-5-13-28-16-19/h5-13,15-16H,3-4,14,17H2,1-2H3. The Morgan fingerprint density at radius 2 is 1.82 bits per heavy atom. The van der Waals surface area contributed by atoms with Crippen molar-refractivity contribution in [3.05, 3.63) is 99.2 Å². The summed E-state index contributed by atoms with van der Waals surface area (Å²) in [5.74, 6) is -0.204. The molecule has 4 aromatic rings. The number of fused-ring (bicyclic) bond motifs is 1. The number of aryl methyl sites for hydroxylation is 1. The van der Waals surface area contributed by atoms with Crippen LogP contribution in [0.4, 0.5) is 5.69 Å². The summed E-state index contributed by atoms with van der Waals surface area (Å²) in [5.41, 5.74) is 3.31. The van der Waals surface area contributed by atoms with Gasteiger partial charge in [-0.25, -0.2) is 4.68 Å². The van der Waals surface area contributed by atoms with Gasteiger partial charge in [0.25, 0.3) is 5.56 Å². The van der Waals surface area contributed by atoms with Gasteiger partial charge in [-0.1, -0.05) is 42.8 Å². The summed E-state index contributed by atoms with van der Waals surface area (Å²) in [7, 11) is 0. The van der Waals surface area contributed by atoms with Gasteiger partial charge < -0.3 is 4.90 Å². The number of pyridine rings is 1. The van der Waals surface area contributed by atoms with Gasteiger partial charge in [-0.15, -0.1) is 0 Å². The first-order valence-corrected chi connectivity index (χ1v) is 11.4. The Morgan fingerprint density at radius 1 is 1.03 bits per heavy atom. The van der Waals surface area contributed by atoms with Crippen LogP contribution in [0.2, 0.25) is 5.02 Å². The van der Waals surface area contributed by atoms with Crippen molar-refractivity contribution in [3.63, 3.8) is 0 Å². The first-order chi connectivity index (χ1) is 16.0. The molecule has 0 aliphatic carbocycles. The van der Waals surface area contributed by atoms with Gasteiger partial charge in [-0.05, 0) is 54.8 Å². The summed E-state index contributed by atoms with van der Waals surface area (Å²) < 4.78 is 1.25. The fraction of sp³-hybridized carbons (Fsp3) is 0.231. The van der Waals surface area contributed by atoms with Crippen molar-refractivity contribution in [1.29, 1.82) is 0 Å². The van der Waals surface area contributed by atoms with Gasteiger partial charge in [0.15, 0.2) is 0 Å². The largest absolute Gasteiger partial charge is 0.311 e. The van der Waals surface area contributed by atoms with Crippen LogP contribution >= 0.6 is 11.6 Å². The summed E-state index contributed by atoms with van der Waals surface area (Å²) >= 11 is 6.19. The highest BCUT2D eigenvalue weighted by molar-refractivity contribution is 6.31. The molecule has 33 heavy (non-hydrogen) atoms. The van der Waals surface area contributed by atoms with Crippen molar-refractivity contribution in [1.82, 2.24) is 14.8 Å². The van der Waals surface area contributed by atoms with Crippen molar-refractivity contribution < 1.29 is 4.79 Å². The number of anilines is 1. The van der Waals surface area contributed by atoms with E-state index in [1.807, 2.05) is 43.3 Å². The van der Waals surface area contributed by atoms with Gasteiger partial charge in [0.1, 0.15) is 6.54 Å². The monoisotopic (exact) mass is 460 g/mol. The molecule has 7 heteroatoms. The third-order valence-electron chi connectivity index (χ3n) is 5.65. The molecule has 0 bridgehead atoms. The average Bonchev–Trinajstić information content (AvgIpc) is 2.83. The van der Waals surface area contributed by atoms with Crippen LogP contribution in [0.5, 0.6) is 0 Å².